The van der Waals surface area contributed by atoms with E-state index in [1.54, 1.807) is 0 Å². The molecule has 0 aromatic heterocycles. The average Bonchev–Trinajstić information content (AvgIpc) is 2.83. The molecule has 1 saturated carbocycles. The highest BCUT2D eigenvalue weighted by Gasteiger charge is 2.33. The fraction of sp³-hybridized carbons (Fsp3) is 0.875. The van der Waals surface area contributed by atoms with Crippen molar-refractivity contribution in [2.75, 3.05) is 13.1 Å². The minimum absolute atomic E-state index is 0.800. The first-order valence-electron chi connectivity index (χ1n) is 7.61. The highest BCUT2D eigenvalue weighted by atomic mass is 15.2. The van der Waals surface area contributed by atoms with Gasteiger partial charge in [0.15, 0.2) is 0 Å². The van der Waals surface area contributed by atoms with E-state index in [1.807, 2.05) is 0 Å². The Bertz CT molecular complexity index is 252. The van der Waals surface area contributed by atoms with Gasteiger partial charge in [-0.25, -0.2) is 0 Å². The third-order valence-electron chi connectivity index (χ3n) is 4.92. The zero-order valence-electron chi connectivity index (χ0n) is 11.8. The standard InChI is InChI=1S/C16H29N/c1-4-7-14-8-9-15(12-16(14)13(2)3)17-10-5-6-11-17/h14-16H,2,4-12H2,1,3H3. The highest BCUT2D eigenvalue weighted by Crippen LogP contribution is 2.39. The summed E-state index contributed by atoms with van der Waals surface area (Å²) < 4.78 is 0. The lowest BCUT2D eigenvalue weighted by molar-refractivity contribution is 0.126. The molecular formula is C16H29N. The highest BCUT2D eigenvalue weighted by molar-refractivity contribution is 5.03. The number of allylic oxidation sites excluding steroid dienone is 1. The predicted octanol–water partition coefficient (Wildman–Crippen LogP) is 4.24. The molecule has 3 unspecified atom stereocenters. The van der Waals surface area contributed by atoms with Gasteiger partial charge >= 0.3 is 0 Å². The first-order valence-corrected chi connectivity index (χ1v) is 7.61. The second-order valence-electron chi connectivity index (χ2n) is 6.21. The molecule has 1 heteroatoms. The van der Waals surface area contributed by atoms with Gasteiger partial charge < -0.3 is 4.90 Å². The van der Waals surface area contributed by atoms with E-state index in [0.29, 0.717) is 0 Å². The van der Waals surface area contributed by atoms with Crippen LogP contribution in [0.25, 0.3) is 0 Å². The molecule has 1 saturated heterocycles. The molecule has 0 spiro atoms. The van der Waals surface area contributed by atoms with Crippen molar-refractivity contribution in [2.45, 2.75) is 64.8 Å². The van der Waals surface area contributed by atoms with Crippen LogP contribution in [0.1, 0.15) is 58.8 Å². The zero-order valence-corrected chi connectivity index (χ0v) is 11.8. The van der Waals surface area contributed by atoms with Crippen molar-refractivity contribution in [1.82, 2.24) is 4.90 Å². The van der Waals surface area contributed by atoms with Gasteiger partial charge in [0.1, 0.15) is 0 Å². The van der Waals surface area contributed by atoms with Crippen LogP contribution in [-0.4, -0.2) is 24.0 Å². The zero-order chi connectivity index (χ0) is 12.3. The van der Waals surface area contributed by atoms with Crippen LogP contribution in [0.3, 0.4) is 0 Å². The third kappa shape index (κ3) is 3.13. The lowest BCUT2D eigenvalue weighted by Gasteiger charge is -2.40. The summed E-state index contributed by atoms with van der Waals surface area (Å²) in [4.78, 5) is 2.75. The lowest BCUT2D eigenvalue weighted by Crippen LogP contribution is -2.39. The van der Waals surface area contributed by atoms with E-state index in [0.717, 1.165) is 17.9 Å². The summed E-state index contributed by atoms with van der Waals surface area (Å²) >= 11 is 0. The average molecular weight is 235 g/mol. The molecule has 3 atom stereocenters. The van der Waals surface area contributed by atoms with E-state index in [-0.39, 0.29) is 0 Å². The van der Waals surface area contributed by atoms with Crippen LogP contribution in [0.2, 0.25) is 0 Å². The summed E-state index contributed by atoms with van der Waals surface area (Å²) in [5, 5.41) is 0. The fourth-order valence-corrected chi connectivity index (χ4v) is 3.97. The van der Waals surface area contributed by atoms with E-state index in [1.165, 1.54) is 63.6 Å². The van der Waals surface area contributed by atoms with E-state index in [4.69, 9.17) is 0 Å². The van der Waals surface area contributed by atoms with Gasteiger partial charge in [-0.05, 0) is 64.0 Å². The Morgan fingerprint density at radius 1 is 1.24 bits per heavy atom. The van der Waals surface area contributed by atoms with Gasteiger partial charge in [-0.1, -0.05) is 31.9 Å². The van der Waals surface area contributed by atoms with Gasteiger partial charge in [0, 0.05) is 6.04 Å². The Morgan fingerprint density at radius 2 is 1.94 bits per heavy atom. The normalized spacial score (nSPS) is 35.1. The van der Waals surface area contributed by atoms with Gasteiger partial charge in [-0.3, -0.25) is 0 Å². The number of nitrogens with zero attached hydrogens (tertiary/aromatic N) is 1. The number of rotatable bonds is 4. The minimum atomic E-state index is 0.800. The lowest BCUT2D eigenvalue weighted by atomic mass is 9.72. The maximum absolute atomic E-state index is 4.25. The maximum Gasteiger partial charge on any atom is 0.0101 e. The van der Waals surface area contributed by atoms with Crippen molar-refractivity contribution < 1.29 is 0 Å². The summed E-state index contributed by atoms with van der Waals surface area (Å²) in [5.41, 5.74) is 1.44. The number of hydrogen-bond donors (Lipinski definition) is 0. The molecule has 0 amide bonds. The van der Waals surface area contributed by atoms with E-state index in [9.17, 15) is 0 Å². The Morgan fingerprint density at radius 3 is 2.53 bits per heavy atom. The van der Waals surface area contributed by atoms with Gasteiger partial charge in [0.05, 0.1) is 0 Å². The molecule has 98 valence electrons. The second-order valence-corrected chi connectivity index (χ2v) is 6.21. The van der Waals surface area contributed by atoms with Gasteiger partial charge in [0.25, 0.3) is 0 Å². The van der Waals surface area contributed by atoms with E-state index >= 15 is 0 Å². The second kappa shape index (κ2) is 6.04. The molecule has 1 aliphatic heterocycles. The van der Waals surface area contributed by atoms with E-state index < -0.39 is 0 Å². The quantitative estimate of drug-likeness (QED) is 0.659. The van der Waals surface area contributed by atoms with Crippen LogP contribution in [0, 0.1) is 11.8 Å². The molecule has 0 N–H and O–H groups in total. The minimum Gasteiger partial charge on any atom is -0.300 e. The van der Waals surface area contributed by atoms with Crippen LogP contribution in [0.15, 0.2) is 12.2 Å². The Labute approximate surface area is 107 Å². The maximum atomic E-state index is 4.25. The molecular weight excluding hydrogens is 206 g/mol. The number of likely N-dealkylation sites (tertiary alicyclic amines) is 1. The third-order valence-corrected chi connectivity index (χ3v) is 4.92. The fourth-order valence-electron chi connectivity index (χ4n) is 3.97. The summed E-state index contributed by atoms with van der Waals surface area (Å²) in [6, 6.07) is 0.868. The van der Waals surface area contributed by atoms with Crippen molar-refractivity contribution in [3.63, 3.8) is 0 Å². The molecule has 2 aliphatic rings. The molecule has 1 heterocycles. The predicted molar refractivity (Wildman–Crippen MR) is 75.1 cm³/mol. The Balaban J connectivity index is 1.95. The molecule has 1 nitrogen and oxygen atoms in total. The SMILES string of the molecule is C=C(C)C1CC(N2CCCC2)CCC1CCC. The van der Waals surface area contributed by atoms with Gasteiger partial charge in [0.2, 0.25) is 0 Å². The monoisotopic (exact) mass is 235 g/mol. The first kappa shape index (κ1) is 13.1. The molecule has 17 heavy (non-hydrogen) atoms. The molecule has 0 aromatic rings. The molecule has 0 radical (unpaired) electrons. The molecule has 0 aromatic carbocycles. The van der Waals surface area contributed by atoms with E-state index in [2.05, 4.69) is 25.3 Å². The molecule has 1 aliphatic carbocycles. The van der Waals surface area contributed by atoms with Crippen LogP contribution in [0.4, 0.5) is 0 Å². The molecule has 2 rings (SSSR count). The molecule has 2 fully saturated rings. The van der Waals surface area contributed by atoms with Crippen LogP contribution in [0.5, 0.6) is 0 Å². The van der Waals surface area contributed by atoms with Gasteiger partial charge in [-0.2, -0.15) is 0 Å². The van der Waals surface area contributed by atoms with Crippen molar-refractivity contribution >= 4 is 0 Å². The van der Waals surface area contributed by atoms with Crippen molar-refractivity contribution in [1.29, 1.82) is 0 Å². The smallest absolute Gasteiger partial charge is 0.0101 e. The van der Waals surface area contributed by atoms with Crippen molar-refractivity contribution in [2.24, 2.45) is 11.8 Å². The molecule has 0 bridgehead atoms. The van der Waals surface area contributed by atoms with Crippen molar-refractivity contribution in [3.8, 4) is 0 Å². The Hall–Kier alpha value is -0.300. The first-order chi connectivity index (χ1) is 8.22. The summed E-state index contributed by atoms with van der Waals surface area (Å²) in [5.74, 6) is 1.73. The summed E-state index contributed by atoms with van der Waals surface area (Å²) in [6.45, 7) is 11.5. The largest absolute Gasteiger partial charge is 0.300 e. The van der Waals surface area contributed by atoms with Crippen LogP contribution < -0.4 is 0 Å². The van der Waals surface area contributed by atoms with Crippen LogP contribution in [-0.2, 0) is 0 Å². The topological polar surface area (TPSA) is 3.24 Å². The summed E-state index contributed by atoms with van der Waals surface area (Å²) in [6.07, 6.45) is 9.85. The number of hydrogen-bond acceptors (Lipinski definition) is 1. The van der Waals surface area contributed by atoms with Crippen LogP contribution >= 0.6 is 0 Å². The Kier molecular flexibility index (Phi) is 4.67. The van der Waals surface area contributed by atoms with Gasteiger partial charge in [-0.15, -0.1) is 0 Å². The summed E-state index contributed by atoms with van der Waals surface area (Å²) in [7, 11) is 0. The van der Waals surface area contributed by atoms with Crippen molar-refractivity contribution in [3.05, 3.63) is 12.2 Å².